The molecule has 0 bridgehead atoms. The van der Waals surface area contributed by atoms with Crippen molar-refractivity contribution >= 4 is 17.1 Å². The third-order valence-electron chi connectivity index (χ3n) is 1.82. The zero-order valence-electron chi connectivity index (χ0n) is 7.69. The van der Waals surface area contributed by atoms with Crippen molar-refractivity contribution in [1.29, 1.82) is 0 Å². The molecule has 2 heterocycles. The van der Waals surface area contributed by atoms with Gasteiger partial charge in [-0.1, -0.05) is 6.07 Å². The first kappa shape index (κ1) is 9.15. The van der Waals surface area contributed by atoms with Crippen LogP contribution in [-0.4, -0.2) is 10.8 Å². The lowest BCUT2D eigenvalue weighted by Gasteiger charge is -1.91. The van der Waals surface area contributed by atoms with Gasteiger partial charge < -0.3 is 4.42 Å². The first-order valence-corrected chi connectivity index (χ1v) is 5.11. The molecule has 3 nitrogen and oxygen atoms in total. The minimum absolute atomic E-state index is 0.00398. The van der Waals surface area contributed by atoms with Crippen molar-refractivity contribution in [3.05, 3.63) is 40.2 Å². The highest BCUT2D eigenvalue weighted by Crippen LogP contribution is 2.12. The Kier molecular flexibility index (Phi) is 2.45. The predicted octanol–water partition coefficient (Wildman–Crippen LogP) is 2.47. The smallest absolute Gasteiger partial charge is 0.191 e. The zero-order valence-corrected chi connectivity index (χ0v) is 8.50. The Hall–Kier alpha value is -1.42. The summed E-state index contributed by atoms with van der Waals surface area (Å²) in [7, 11) is 0. The van der Waals surface area contributed by atoms with Crippen LogP contribution in [0.1, 0.15) is 21.3 Å². The maximum Gasteiger partial charge on any atom is 0.191 e. The molecule has 0 aliphatic rings. The molecule has 0 fully saturated rings. The van der Waals surface area contributed by atoms with Gasteiger partial charge in [0.2, 0.25) is 0 Å². The van der Waals surface area contributed by atoms with Gasteiger partial charge in [-0.3, -0.25) is 4.79 Å². The number of ketones is 1. The van der Waals surface area contributed by atoms with Gasteiger partial charge in [0.1, 0.15) is 12.0 Å². The molecule has 0 saturated heterocycles. The minimum Gasteiger partial charge on any atom is -0.449 e. The Labute approximate surface area is 85.4 Å². The molecule has 0 amide bonds. The van der Waals surface area contributed by atoms with E-state index in [4.69, 9.17) is 4.42 Å². The van der Waals surface area contributed by atoms with Crippen LogP contribution < -0.4 is 0 Å². The average molecular weight is 207 g/mol. The van der Waals surface area contributed by atoms with E-state index in [-0.39, 0.29) is 5.78 Å². The zero-order chi connectivity index (χ0) is 9.97. The molecule has 2 aromatic rings. The van der Waals surface area contributed by atoms with Crippen molar-refractivity contribution in [2.24, 2.45) is 0 Å². The van der Waals surface area contributed by atoms with Crippen LogP contribution in [0.25, 0.3) is 0 Å². The topological polar surface area (TPSA) is 43.1 Å². The number of hydrogen-bond acceptors (Lipinski definition) is 4. The standard InChI is InChI=1S/C10H9NO2S/c1-7-11-9(6-13-7)10(12)5-8-3-2-4-14-8/h2-4,6H,5H2,1H3. The highest BCUT2D eigenvalue weighted by atomic mass is 32.1. The van der Waals surface area contributed by atoms with Crippen molar-refractivity contribution in [3.8, 4) is 0 Å². The second-order valence-corrected chi connectivity index (χ2v) is 3.96. The van der Waals surface area contributed by atoms with Crippen molar-refractivity contribution in [1.82, 2.24) is 4.98 Å². The normalized spacial score (nSPS) is 10.4. The van der Waals surface area contributed by atoms with E-state index in [9.17, 15) is 4.79 Å². The van der Waals surface area contributed by atoms with Gasteiger partial charge in [-0.25, -0.2) is 4.98 Å². The van der Waals surface area contributed by atoms with Crippen LogP contribution in [0.5, 0.6) is 0 Å². The lowest BCUT2D eigenvalue weighted by Crippen LogP contribution is -2.02. The van der Waals surface area contributed by atoms with Crippen molar-refractivity contribution in [2.75, 3.05) is 0 Å². The first-order chi connectivity index (χ1) is 6.75. The lowest BCUT2D eigenvalue weighted by atomic mass is 10.2. The molecule has 0 aliphatic carbocycles. The number of carbonyl (C=O) groups excluding carboxylic acids is 1. The number of hydrogen-bond donors (Lipinski definition) is 0. The van der Waals surface area contributed by atoms with Gasteiger partial charge in [-0.15, -0.1) is 11.3 Å². The summed E-state index contributed by atoms with van der Waals surface area (Å²) in [4.78, 5) is 16.6. The molecule has 72 valence electrons. The van der Waals surface area contributed by atoms with Gasteiger partial charge in [0.15, 0.2) is 11.7 Å². The number of oxazole rings is 1. The van der Waals surface area contributed by atoms with Gasteiger partial charge in [-0.05, 0) is 11.4 Å². The van der Waals surface area contributed by atoms with Crippen LogP contribution in [0.2, 0.25) is 0 Å². The summed E-state index contributed by atoms with van der Waals surface area (Å²) >= 11 is 1.57. The Balaban J connectivity index is 2.10. The van der Waals surface area contributed by atoms with E-state index in [0.717, 1.165) is 4.88 Å². The van der Waals surface area contributed by atoms with Crippen molar-refractivity contribution in [3.63, 3.8) is 0 Å². The second-order valence-electron chi connectivity index (χ2n) is 2.93. The molecule has 2 aromatic heterocycles. The van der Waals surface area contributed by atoms with E-state index in [0.29, 0.717) is 18.0 Å². The number of Topliss-reactive ketones (excluding diaryl/α,β-unsaturated/α-hetero) is 1. The number of thiophene rings is 1. The number of aryl methyl sites for hydroxylation is 1. The Morgan fingerprint density at radius 2 is 2.50 bits per heavy atom. The van der Waals surface area contributed by atoms with Crippen LogP contribution in [0, 0.1) is 6.92 Å². The summed E-state index contributed by atoms with van der Waals surface area (Å²) in [6.45, 7) is 1.72. The fourth-order valence-corrected chi connectivity index (χ4v) is 1.86. The highest BCUT2D eigenvalue weighted by Gasteiger charge is 2.11. The molecular formula is C10H9NO2S. The molecule has 0 saturated carbocycles. The summed E-state index contributed by atoms with van der Waals surface area (Å²) in [5.41, 5.74) is 0.413. The van der Waals surface area contributed by atoms with Crippen LogP contribution >= 0.6 is 11.3 Å². The van der Waals surface area contributed by atoms with E-state index in [2.05, 4.69) is 4.98 Å². The third kappa shape index (κ3) is 1.90. The molecule has 0 aromatic carbocycles. The van der Waals surface area contributed by atoms with Gasteiger partial charge in [0, 0.05) is 18.2 Å². The fourth-order valence-electron chi connectivity index (χ4n) is 1.15. The Morgan fingerprint density at radius 1 is 1.64 bits per heavy atom. The van der Waals surface area contributed by atoms with Crippen LogP contribution in [0.15, 0.2) is 28.2 Å². The van der Waals surface area contributed by atoms with E-state index in [1.165, 1.54) is 6.26 Å². The van der Waals surface area contributed by atoms with E-state index in [1.54, 1.807) is 18.3 Å². The molecular weight excluding hydrogens is 198 g/mol. The number of aromatic nitrogens is 1. The van der Waals surface area contributed by atoms with E-state index < -0.39 is 0 Å². The Morgan fingerprint density at radius 3 is 3.07 bits per heavy atom. The van der Waals surface area contributed by atoms with Gasteiger partial charge >= 0.3 is 0 Å². The molecule has 0 radical (unpaired) electrons. The SMILES string of the molecule is Cc1nc(C(=O)Cc2cccs2)co1. The third-order valence-corrected chi connectivity index (χ3v) is 2.70. The monoisotopic (exact) mass is 207 g/mol. The van der Waals surface area contributed by atoms with Crippen LogP contribution in [0.4, 0.5) is 0 Å². The fraction of sp³-hybridized carbons (Fsp3) is 0.200. The summed E-state index contributed by atoms with van der Waals surface area (Å²) in [5, 5.41) is 1.96. The molecule has 0 aliphatic heterocycles. The largest absolute Gasteiger partial charge is 0.449 e. The molecule has 0 unspecified atom stereocenters. The molecule has 2 rings (SSSR count). The minimum atomic E-state index is 0.00398. The summed E-state index contributed by atoms with van der Waals surface area (Å²) in [6.07, 6.45) is 1.81. The summed E-state index contributed by atoms with van der Waals surface area (Å²) in [6, 6.07) is 3.87. The highest BCUT2D eigenvalue weighted by molar-refractivity contribution is 7.10. The quantitative estimate of drug-likeness (QED) is 0.726. The summed E-state index contributed by atoms with van der Waals surface area (Å²) in [5.74, 6) is 0.531. The molecule has 14 heavy (non-hydrogen) atoms. The first-order valence-electron chi connectivity index (χ1n) is 4.23. The van der Waals surface area contributed by atoms with Gasteiger partial charge in [0.25, 0.3) is 0 Å². The molecule has 4 heteroatoms. The van der Waals surface area contributed by atoms with Gasteiger partial charge in [-0.2, -0.15) is 0 Å². The second kappa shape index (κ2) is 3.75. The number of nitrogens with zero attached hydrogens (tertiary/aromatic N) is 1. The van der Waals surface area contributed by atoms with Crippen molar-refractivity contribution < 1.29 is 9.21 Å². The predicted molar refractivity (Wildman–Crippen MR) is 53.6 cm³/mol. The van der Waals surface area contributed by atoms with E-state index >= 15 is 0 Å². The van der Waals surface area contributed by atoms with Gasteiger partial charge in [0.05, 0.1) is 0 Å². The number of carbonyl (C=O) groups is 1. The van der Waals surface area contributed by atoms with Crippen LogP contribution in [-0.2, 0) is 6.42 Å². The maximum absolute atomic E-state index is 11.6. The number of rotatable bonds is 3. The summed E-state index contributed by atoms with van der Waals surface area (Å²) < 4.78 is 4.98. The van der Waals surface area contributed by atoms with E-state index in [1.807, 2.05) is 17.5 Å². The average Bonchev–Trinajstić information content (AvgIpc) is 2.75. The molecule has 0 N–H and O–H groups in total. The molecule has 0 spiro atoms. The maximum atomic E-state index is 11.6. The van der Waals surface area contributed by atoms with Crippen LogP contribution in [0.3, 0.4) is 0 Å². The van der Waals surface area contributed by atoms with Crippen molar-refractivity contribution in [2.45, 2.75) is 13.3 Å². The Bertz CT molecular complexity index is 431. The molecule has 0 atom stereocenters. The lowest BCUT2D eigenvalue weighted by molar-refractivity contribution is 0.0989.